The van der Waals surface area contributed by atoms with Gasteiger partial charge in [0.1, 0.15) is 18.2 Å². The van der Waals surface area contributed by atoms with Gasteiger partial charge in [-0.2, -0.15) is 0 Å². The number of nitrogens with zero attached hydrogens (tertiary/aromatic N) is 1. The lowest BCUT2D eigenvalue weighted by Gasteiger charge is -2.12. The Morgan fingerprint density at radius 1 is 0.970 bits per heavy atom. The fourth-order valence-electron chi connectivity index (χ4n) is 3.30. The van der Waals surface area contributed by atoms with Crippen LogP contribution in [0, 0.1) is 5.82 Å². The first-order chi connectivity index (χ1) is 15.9. The molecule has 2 N–H and O–H groups in total. The first-order valence-electron chi connectivity index (χ1n) is 10.1. The van der Waals surface area contributed by atoms with Crippen molar-refractivity contribution >= 4 is 41.6 Å². The van der Waals surface area contributed by atoms with Crippen molar-refractivity contribution in [3.8, 4) is 5.75 Å². The lowest BCUT2D eigenvalue weighted by Crippen LogP contribution is -2.33. The molecule has 1 fully saturated rings. The first kappa shape index (κ1) is 22.8. The third-order valence-corrected chi connectivity index (χ3v) is 5.94. The number of rotatable bonds is 7. The third kappa shape index (κ3) is 5.51. The summed E-state index contributed by atoms with van der Waals surface area (Å²) >= 11 is 0.861. The van der Waals surface area contributed by atoms with Crippen LogP contribution in [0.5, 0.6) is 5.75 Å². The number of thioether (sulfide) groups is 1. The van der Waals surface area contributed by atoms with Gasteiger partial charge in [-0.15, -0.1) is 0 Å². The topological polar surface area (TPSA) is 87.1 Å². The number of halogens is 1. The Balaban J connectivity index is 1.41. The summed E-state index contributed by atoms with van der Waals surface area (Å²) < 4.78 is 18.8. The highest BCUT2D eigenvalue weighted by molar-refractivity contribution is 8.18. The predicted molar refractivity (Wildman–Crippen MR) is 125 cm³/mol. The molecule has 0 radical (unpaired) electrons. The standard InChI is InChI=1S/C24H19BFNO5S/c26-19-9-5-17(6-10-19)14-27-23(28)22(33-24(27)29)13-16-7-11-20(12-8-16)32-15-18-3-1-2-4-21(18)25(30)31/h1-13,30-31H,14-15H2. The van der Waals surface area contributed by atoms with Crippen LogP contribution >= 0.6 is 11.8 Å². The Morgan fingerprint density at radius 2 is 1.67 bits per heavy atom. The fraction of sp³-hybridized carbons (Fsp3) is 0.0833. The zero-order chi connectivity index (χ0) is 23.4. The molecule has 33 heavy (non-hydrogen) atoms. The van der Waals surface area contributed by atoms with Gasteiger partial charge in [0.2, 0.25) is 0 Å². The molecule has 0 aromatic heterocycles. The van der Waals surface area contributed by atoms with E-state index in [2.05, 4.69) is 0 Å². The highest BCUT2D eigenvalue weighted by atomic mass is 32.2. The summed E-state index contributed by atoms with van der Waals surface area (Å²) in [5.41, 5.74) is 2.43. The van der Waals surface area contributed by atoms with Crippen molar-refractivity contribution in [2.45, 2.75) is 13.2 Å². The lowest BCUT2D eigenvalue weighted by atomic mass is 9.77. The van der Waals surface area contributed by atoms with Crippen molar-refractivity contribution in [3.05, 3.63) is 100 Å². The molecule has 0 atom stereocenters. The maximum Gasteiger partial charge on any atom is 0.488 e. The molecule has 3 aromatic carbocycles. The van der Waals surface area contributed by atoms with Crippen molar-refractivity contribution in [1.82, 2.24) is 4.90 Å². The average Bonchev–Trinajstić information content (AvgIpc) is 3.07. The molecule has 1 saturated heterocycles. The number of carbonyl (C=O) groups excluding carboxylic acids is 2. The minimum atomic E-state index is -1.58. The number of hydrogen-bond acceptors (Lipinski definition) is 6. The Labute approximate surface area is 194 Å². The van der Waals surface area contributed by atoms with E-state index >= 15 is 0 Å². The number of amides is 2. The second-order valence-corrected chi connectivity index (χ2v) is 8.32. The number of benzene rings is 3. The molecule has 1 aliphatic rings. The molecule has 2 amide bonds. The van der Waals surface area contributed by atoms with Gasteiger partial charge >= 0.3 is 7.12 Å². The number of imide groups is 1. The quantitative estimate of drug-likeness (QED) is 0.413. The minimum Gasteiger partial charge on any atom is -0.489 e. The van der Waals surface area contributed by atoms with E-state index in [1.54, 1.807) is 66.7 Å². The van der Waals surface area contributed by atoms with Gasteiger partial charge in [-0.05, 0) is 64.3 Å². The van der Waals surface area contributed by atoms with Crippen molar-refractivity contribution in [2.24, 2.45) is 0 Å². The number of ether oxygens (including phenoxy) is 1. The molecule has 0 saturated carbocycles. The normalized spacial score (nSPS) is 14.8. The summed E-state index contributed by atoms with van der Waals surface area (Å²) in [4.78, 5) is 26.4. The van der Waals surface area contributed by atoms with E-state index in [4.69, 9.17) is 4.74 Å². The number of hydrogen-bond donors (Lipinski definition) is 2. The van der Waals surface area contributed by atoms with E-state index in [-0.39, 0.29) is 24.2 Å². The molecular weight excluding hydrogens is 444 g/mol. The summed E-state index contributed by atoms with van der Waals surface area (Å²) in [5, 5.41) is 18.5. The summed E-state index contributed by atoms with van der Waals surface area (Å²) in [7, 11) is -1.58. The van der Waals surface area contributed by atoms with Gasteiger partial charge in [-0.1, -0.05) is 48.5 Å². The zero-order valence-corrected chi connectivity index (χ0v) is 18.2. The summed E-state index contributed by atoms with van der Waals surface area (Å²) in [6, 6.07) is 19.5. The molecule has 3 aromatic rings. The molecule has 1 heterocycles. The molecule has 0 unspecified atom stereocenters. The van der Waals surface area contributed by atoms with Crippen molar-refractivity contribution in [1.29, 1.82) is 0 Å². The van der Waals surface area contributed by atoms with Gasteiger partial charge in [0.15, 0.2) is 0 Å². The third-order valence-electron chi connectivity index (χ3n) is 5.03. The average molecular weight is 463 g/mol. The van der Waals surface area contributed by atoms with Crippen LogP contribution < -0.4 is 10.2 Å². The monoisotopic (exact) mass is 463 g/mol. The van der Waals surface area contributed by atoms with Gasteiger partial charge in [0.25, 0.3) is 11.1 Å². The maximum absolute atomic E-state index is 13.1. The first-order valence-corrected chi connectivity index (χ1v) is 10.9. The van der Waals surface area contributed by atoms with E-state index in [1.165, 1.54) is 12.1 Å². The van der Waals surface area contributed by atoms with Crippen molar-refractivity contribution in [2.75, 3.05) is 0 Å². The Bertz CT molecular complexity index is 1200. The van der Waals surface area contributed by atoms with Gasteiger partial charge in [0.05, 0.1) is 11.4 Å². The van der Waals surface area contributed by atoms with Gasteiger partial charge in [0, 0.05) is 0 Å². The van der Waals surface area contributed by atoms with Crippen molar-refractivity contribution in [3.63, 3.8) is 0 Å². The zero-order valence-electron chi connectivity index (χ0n) is 17.3. The minimum absolute atomic E-state index is 0.0824. The van der Waals surface area contributed by atoms with Crippen LogP contribution in [0.4, 0.5) is 9.18 Å². The van der Waals surface area contributed by atoms with E-state index < -0.39 is 13.0 Å². The van der Waals surface area contributed by atoms with Gasteiger partial charge < -0.3 is 14.8 Å². The van der Waals surface area contributed by atoms with Crippen LogP contribution in [0.1, 0.15) is 16.7 Å². The highest BCUT2D eigenvalue weighted by Crippen LogP contribution is 2.33. The smallest absolute Gasteiger partial charge is 0.488 e. The molecule has 0 bridgehead atoms. The van der Waals surface area contributed by atoms with Crippen LogP contribution in [-0.4, -0.2) is 33.2 Å². The number of carbonyl (C=O) groups is 2. The molecule has 0 spiro atoms. The van der Waals surface area contributed by atoms with E-state index in [1.807, 2.05) is 0 Å². The molecule has 9 heteroatoms. The van der Waals surface area contributed by atoms with Crippen LogP contribution in [0.2, 0.25) is 0 Å². The Morgan fingerprint density at radius 3 is 2.36 bits per heavy atom. The Hall–Kier alpha value is -3.40. The van der Waals surface area contributed by atoms with Crippen LogP contribution in [-0.2, 0) is 17.9 Å². The molecular formula is C24H19BFNO5S. The molecule has 6 nitrogen and oxygen atoms in total. The maximum atomic E-state index is 13.1. The van der Waals surface area contributed by atoms with Crippen LogP contribution in [0.25, 0.3) is 6.08 Å². The van der Waals surface area contributed by atoms with E-state index in [0.29, 0.717) is 27.2 Å². The molecule has 4 rings (SSSR count). The predicted octanol–water partition coefficient (Wildman–Crippen LogP) is 3.32. The van der Waals surface area contributed by atoms with Crippen LogP contribution in [0.15, 0.2) is 77.7 Å². The second-order valence-electron chi connectivity index (χ2n) is 7.32. The van der Waals surface area contributed by atoms with Gasteiger partial charge in [-0.3, -0.25) is 14.5 Å². The molecule has 166 valence electrons. The molecule has 0 aliphatic carbocycles. The molecule has 1 aliphatic heterocycles. The largest absolute Gasteiger partial charge is 0.489 e. The fourth-order valence-corrected chi connectivity index (χ4v) is 4.14. The summed E-state index contributed by atoms with van der Waals surface area (Å²) in [6.07, 6.45) is 1.64. The van der Waals surface area contributed by atoms with Gasteiger partial charge in [-0.25, -0.2) is 4.39 Å². The lowest BCUT2D eigenvalue weighted by molar-refractivity contribution is -0.123. The second kappa shape index (κ2) is 10.0. The van der Waals surface area contributed by atoms with Crippen molar-refractivity contribution < 1.29 is 28.8 Å². The van der Waals surface area contributed by atoms with E-state index in [9.17, 15) is 24.0 Å². The Kier molecular flexibility index (Phi) is 6.93. The SMILES string of the molecule is O=C1SC(=Cc2ccc(OCc3ccccc3B(O)O)cc2)C(=O)N1Cc1ccc(F)cc1. The van der Waals surface area contributed by atoms with Crippen LogP contribution in [0.3, 0.4) is 0 Å². The highest BCUT2D eigenvalue weighted by Gasteiger charge is 2.34. The van der Waals surface area contributed by atoms with E-state index in [0.717, 1.165) is 22.2 Å². The summed E-state index contributed by atoms with van der Waals surface area (Å²) in [6.45, 7) is 0.245. The summed E-state index contributed by atoms with van der Waals surface area (Å²) in [5.74, 6) is -0.206.